The molecule has 0 aliphatic rings. The Morgan fingerprint density at radius 1 is 1.67 bits per heavy atom. The zero-order valence-corrected chi connectivity index (χ0v) is 4.88. The van der Waals surface area contributed by atoms with Crippen LogP contribution in [0.25, 0.3) is 5.41 Å². The van der Waals surface area contributed by atoms with E-state index in [-0.39, 0.29) is 6.15 Å². The van der Waals surface area contributed by atoms with Gasteiger partial charge in [-0.05, 0) is 0 Å². The number of nitrogens with zero attached hydrogens (tertiary/aromatic N) is 2. The summed E-state index contributed by atoms with van der Waals surface area (Å²) in [7, 11) is 0. The normalized spacial score (nSPS) is 5.67. The maximum Gasteiger partial charge on any atom is 0.265 e. The number of amides is 1. The summed E-state index contributed by atoms with van der Waals surface area (Å²) in [6.45, 7) is 0. The van der Waals surface area contributed by atoms with E-state index in [9.17, 15) is 4.79 Å². The van der Waals surface area contributed by atoms with Gasteiger partial charge in [-0.15, -0.1) is 0 Å². The summed E-state index contributed by atoms with van der Waals surface area (Å²) in [5, 5.41) is 15.8. The summed E-state index contributed by atoms with van der Waals surface area (Å²) in [6, 6.07) is 1.33. The third-order valence-electron chi connectivity index (χ3n) is 0.470. The molecule has 0 saturated carbocycles. The average Bonchev–Trinajstić information content (AvgIpc) is 1.69. The molecule has 0 aromatic carbocycles. The number of rotatable bonds is 1. The van der Waals surface area contributed by atoms with E-state index in [2.05, 4.69) is 5.73 Å². The predicted octanol–water partition coefficient (Wildman–Crippen LogP) is -0.463. The van der Waals surface area contributed by atoms with Gasteiger partial charge < -0.3 is 17.3 Å². The summed E-state index contributed by atoms with van der Waals surface area (Å²) in [6.07, 6.45) is 0. The lowest BCUT2D eigenvalue weighted by Crippen LogP contribution is -2.12. The first-order chi connectivity index (χ1) is 3.72. The fourth-order valence-corrected chi connectivity index (χ4v) is 0.135. The van der Waals surface area contributed by atoms with Gasteiger partial charge in [0.2, 0.25) is 0 Å². The first-order valence-corrected chi connectivity index (χ1v) is 1.69. The molecule has 6 N–H and O–H groups in total. The largest absolute Gasteiger partial charge is 0.762 e. The van der Waals surface area contributed by atoms with E-state index in [4.69, 9.17) is 10.7 Å². The highest BCUT2D eigenvalue weighted by Crippen LogP contribution is 1.78. The van der Waals surface area contributed by atoms with Crippen molar-refractivity contribution in [3.05, 3.63) is 11.0 Å². The molecule has 0 aromatic rings. The van der Waals surface area contributed by atoms with Crippen molar-refractivity contribution >= 4 is 11.8 Å². The maximum atomic E-state index is 9.90. The summed E-state index contributed by atoms with van der Waals surface area (Å²) >= 11 is 0. The second kappa shape index (κ2) is 4.53. The van der Waals surface area contributed by atoms with Crippen molar-refractivity contribution < 1.29 is 4.79 Å². The van der Waals surface area contributed by atoms with Crippen LogP contribution in [0.15, 0.2) is 5.57 Å². The molecule has 0 spiro atoms. The smallest absolute Gasteiger partial charge is 0.265 e. The van der Waals surface area contributed by atoms with Gasteiger partial charge in [0.15, 0.2) is 0 Å². The van der Waals surface area contributed by atoms with E-state index < -0.39 is 11.5 Å². The zero-order valence-electron chi connectivity index (χ0n) is 4.88. The quantitative estimate of drug-likeness (QED) is 0.280. The van der Waals surface area contributed by atoms with Crippen LogP contribution in [0.5, 0.6) is 0 Å². The Kier molecular flexibility index (Phi) is 5.22. The van der Waals surface area contributed by atoms with E-state index in [1.807, 2.05) is 0 Å². The van der Waals surface area contributed by atoms with Crippen molar-refractivity contribution in [1.82, 2.24) is 6.15 Å². The Morgan fingerprint density at radius 2 is 2.11 bits per heavy atom. The Labute approximate surface area is 51.9 Å². The molecule has 9 heavy (non-hydrogen) atoms. The highest BCUT2D eigenvalue weighted by Gasteiger charge is 1.95. The van der Waals surface area contributed by atoms with Crippen LogP contribution in [0, 0.1) is 11.3 Å². The predicted molar refractivity (Wildman–Crippen MR) is 32.7 cm³/mol. The van der Waals surface area contributed by atoms with Crippen molar-refractivity contribution in [3.8, 4) is 6.07 Å². The highest BCUT2D eigenvalue weighted by atomic mass is 16.1. The van der Waals surface area contributed by atoms with Crippen LogP contribution in [0.1, 0.15) is 0 Å². The Balaban J connectivity index is 0. The van der Waals surface area contributed by atoms with Crippen LogP contribution in [-0.4, -0.2) is 11.8 Å². The van der Waals surface area contributed by atoms with E-state index in [1.54, 1.807) is 0 Å². The molecule has 48 valence electrons. The van der Waals surface area contributed by atoms with E-state index in [0.717, 1.165) is 0 Å². The van der Waals surface area contributed by atoms with E-state index in [1.165, 1.54) is 11.9 Å². The summed E-state index contributed by atoms with van der Waals surface area (Å²) in [4.78, 5) is 9.90. The lowest BCUT2D eigenvalue weighted by Gasteiger charge is -1.82. The van der Waals surface area contributed by atoms with Crippen molar-refractivity contribution in [2.24, 2.45) is 5.73 Å². The molecule has 0 unspecified atom stereocenters. The molecule has 5 nitrogen and oxygen atoms in total. The third-order valence-corrected chi connectivity index (χ3v) is 0.470. The molecule has 0 bridgehead atoms. The van der Waals surface area contributed by atoms with Crippen LogP contribution in [0.2, 0.25) is 0 Å². The van der Waals surface area contributed by atoms with Crippen molar-refractivity contribution in [1.29, 1.82) is 5.26 Å². The van der Waals surface area contributed by atoms with Crippen LogP contribution in [-0.2, 0) is 4.79 Å². The minimum absolute atomic E-state index is 0. The topological polar surface area (TPSA) is 126 Å². The molecular weight excluding hydrogens is 120 g/mol. The molecule has 1 amide bonds. The monoisotopic (exact) mass is 126 g/mol. The van der Waals surface area contributed by atoms with Crippen molar-refractivity contribution in [2.75, 3.05) is 0 Å². The molecule has 0 aromatic heterocycles. The minimum atomic E-state index is -0.977. The summed E-state index contributed by atoms with van der Waals surface area (Å²) < 4.78 is 0. The standard InChI is InChI=1S/C4H2N3O.H3N/c5-1-3(2-6)4(7)8;/h(H2,7,8);1H3/q-1;/p+1. The Hall–Kier alpha value is -1.63. The van der Waals surface area contributed by atoms with Crippen molar-refractivity contribution in [2.45, 2.75) is 0 Å². The number of quaternary nitrogens is 1. The number of hydrogen-bond donors (Lipinski definition) is 2. The molecule has 0 saturated heterocycles. The SMILES string of the molecule is N#CC(=C=[N-])C(N)=O.[NH4+]. The number of nitrogens with two attached hydrogens (primary N) is 1. The molecular formula is C4H6N4O. The molecule has 0 atom stereocenters. The number of primary amides is 1. The van der Waals surface area contributed by atoms with Gasteiger partial charge in [0.1, 0.15) is 11.6 Å². The number of nitriles is 1. The first-order valence-electron chi connectivity index (χ1n) is 1.69. The van der Waals surface area contributed by atoms with Gasteiger partial charge in [-0.3, -0.25) is 4.79 Å². The molecule has 0 aliphatic heterocycles. The number of carbonyl (C=O) groups is 1. The lowest BCUT2D eigenvalue weighted by atomic mass is 10.3. The fourth-order valence-electron chi connectivity index (χ4n) is 0.135. The van der Waals surface area contributed by atoms with Gasteiger partial charge >= 0.3 is 0 Å². The molecule has 0 aliphatic carbocycles. The Morgan fingerprint density at radius 3 is 2.11 bits per heavy atom. The molecule has 0 fully saturated rings. The van der Waals surface area contributed by atoms with Crippen LogP contribution < -0.4 is 11.9 Å². The molecule has 0 heterocycles. The summed E-state index contributed by atoms with van der Waals surface area (Å²) in [5.41, 5.74) is 3.97. The zero-order chi connectivity index (χ0) is 6.57. The van der Waals surface area contributed by atoms with Gasteiger partial charge in [0.05, 0.1) is 0 Å². The van der Waals surface area contributed by atoms with Gasteiger partial charge in [0.25, 0.3) is 5.91 Å². The highest BCUT2D eigenvalue weighted by molar-refractivity contribution is 6.04. The van der Waals surface area contributed by atoms with Crippen LogP contribution in [0.3, 0.4) is 0 Å². The maximum absolute atomic E-state index is 9.90. The van der Waals surface area contributed by atoms with Gasteiger partial charge in [-0.25, -0.2) is 5.87 Å². The average molecular weight is 126 g/mol. The van der Waals surface area contributed by atoms with Gasteiger partial charge in [0, 0.05) is 0 Å². The van der Waals surface area contributed by atoms with E-state index in [0.29, 0.717) is 0 Å². The van der Waals surface area contributed by atoms with Crippen molar-refractivity contribution in [3.63, 3.8) is 0 Å². The second-order valence-corrected chi connectivity index (χ2v) is 0.963. The fraction of sp³-hybridized carbons (Fsp3) is 0. The van der Waals surface area contributed by atoms with Crippen LogP contribution >= 0.6 is 0 Å². The third kappa shape index (κ3) is 3.00. The summed E-state index contributed by atoms with van der Waals surface area (Å²) in [5.74, 6) is 0.355. The van der Waals surface area contributed by atoms with Gasteiger partial charge in [-0.2, -0.15) is 5.26 Å². The lowest BCUT2D eigenvalue weighted by molar-refractivity contribution is -0.114. The second-order valence-electron chi connectivity index (χ2n) is 0.963. The molecule has 0 rings (SSSR count). The van der Waals surface area contributed by atoms with Crippen LogP contribution in [0.4, 0.5) is 0 Å². The minimum Gasteiger partial charge on any atom is -0.762 e. The first kappa shape index (κ1) is 10.4. The number of carbonyl (C=O) groups excluding carboxylic acids is 1. The van der Waals surface area contributed by atoms with E-state index >= 15 is 0 Å². The Bertz CT molecular complexity index is 195. The van der Waals surface area contributed by atoms with Gasteiger partial charge in [-0.1, -0.05) is 0 Å². The molecule has 0 radical (unpaired) electrons. The molecule has 5 heteroatoms. The number of hydrogen-bond acceptors (Lipinski definition) is 2.